The van der Waals surface area contributed by atoms with Gasteiger partial charge in [-0.15, -0.1) is 0 Å². The van der Waals surface area contributed by atoms with Gasteiger partial charge in [-0.25, -0.2) is 0 Å². The summed E-state index contributed by atoms with van der Waals surface area (Å²) in [6, 6.07) is 0. The summed E-state index contributed by atoms with van der Waals surface area (Å²) < 4.78 is 97.5. The quantitative estimate of drug-likeness (QED) is 0.108. The highest BCUT2D eigenvalue weighted by atomic mass is 19.4. The molecule has 0 atom stereocenters. The first-order valence-electron chi connectivity index (χ1n) is 25.0. The number of alkyl halides is 6. The zero-order valence-corrected chi connectivity index (χ0v) is 37.2. The number of unbranched alkanes of at least 4 members (excludes halogenated alkanes) is 3. The highest BCUT2D eigenvalue weighted by Gasteiger charge is 2.38. The van der Waals surface area contributed by atoms with E-state index in [0.29, 0.717) is 51.1 Å². The molecule has 2 heterocycles. The maximum absolute atomic E-state index is 12.3. The summed E-state index contributed by atoms with van der Waals surface area (Å²) in [5.74, 6) is 6.78. The van der Waals surface area contributed by atoms with Crippen LogP contribution in [0, 0.1) is 59.2 Å². The molecule has 0 unspecified atom stereocenters. The second kappa shape index (κ2) is 25.6. The fourth-order valence-electron chi connectivity index (χ4n) is 12.0. The van der Waals surface area contributed by atoms with Crippen molar-refractivity contribution < 1.29 is 45.3 Å². The van der Waals surface area contributed by atoms with E-state index in [9.17, 15) is 26.3 Å². The van der Waals surface area contributed by atoms with Gasteiger partial charge in [0.1, 0.15) is 0 Å². The standard InChI is InChI=1S/C25H43F3O2.C24H41F3O2/c1-2-3-4-6-19-8-10-21(11-9-19)22-12-14-23(15-13-22)24-29-17-20(18-30-24)7-5-16-25(26,27)28;1-2-3-5-18-7-9-20(10-8-18)21-11-13-22(14-12-21)23-28-16-19(17-29-23)6-4-15-24(25,26)27/h19-24H,2-18H2,1H3;18-23H,2-17H2,1H3. The van der Waals surface area contributed by atoms with E-state index >= 15 is 0 Å². The maximum Gasteiger partial charge on any atom is 0.389 e. The Morgan fingerprint density at radius 3 is 0.949 bits per heavy atom. The Hall–Kier alpha value is -0.580. The Morgan fingerprint density at radius 1 is 0.339 bits per heavy atom. The Balaban J connectivity index is 0.000000224. The summed E-state index contributed by atoms with van der Waals surface area (Å²) in [4.78, 5) is 0. The summed E-state index contributed by atoms with van der Waals surface area (Å²) in [6.07, 6.45) is 22.9. The van der Waals surface area contributed by atoms with Crippen LogP contribution in [0.2, 0.25) is 0 Å². The fraction of sp³-hybridized carbons (Fsp3) is 1.00. The lowest BCUT2D eigenvalue weighted by atomic mass is 9.68. The van der Waals surface area contributed by atoms with Crippen molar-refractivity contribution in [2.24, 2.45) is 59.2 Å². The van der Waals surface area contributed by atoms with Crippen molar-refractivity contribution in [2.75, 3.05) is 26.4 Å². The summed E-state index contributed by atoms with van der Waals surface area (Å²) in [5.41, 5.74) is 0. The number of rotatable bonds is 17. The van der Waals surface area contributed by atoms with E-state index in [0.717, 1.165) is 35.5 Å². The lowest BCUT2D eigenvalue weighted by molar-refractivity contribution is -0.231. The smallest absolute Gasteiger partial charge is 0.352 e. The molecule has 0 aromatic carbocycles. The van der Waals surface area contributed by atoms with E-state index < -0.39 is 25.2 Å². The van der Waals surface area contributed by atoms with Gasteiger partial charge in [0.15, 0.2) is 12.6 Å². The van der Waals surface area contributed by atoms with Crippen molar-refractivity contribution in [1.82, 2.24) is 0 Å². The number of hydrogen-bond donors (Lipinski definition) is 0. The molecular formula is C49H84F6O4. The van der Waals surface area contributed by atoms with Crippen LogP contribution in [0.5, 0.6) is 0 Å². The zero-order valence-electron chi connectivity index (χ0n) is 37.2. The van der Waals surface area contributed by atoms with E-state index in [4.69, 9.17) is 18.9 Å². The van der Waals surface area contributed by atoms with Gasteiger partial charge in [0.25, 0.3) is 0 Å². The molecule has 0 radical (unpaired) electrons. The van der Waals surface area contributed by atoms with Crippen molar-refractivity contribution in [3.63, 3.8) is 0 Å². The first kappa shape index (κ1) is 49.4. The molecule has 2 saturated heterocycles. The second-order valence-electron chi connectivity index (χ2n) is 20.4. The summed E-state index contributed by atoms with van der Waals surface area (Å²) in [7, 11) is 0. The van der Waals surface area contributed by atoms with Crippen LogP contribution in [-0.2, 0) is 18.9 Å². The SMILES string of the molecule is CCCCC1CCC(C2CCC(C3OCC(CCCC(F)(F)F)CO3)CC2)CC1.CCCCCC1CCC(C2CCC(C3OCC(CCCC(F)(F)F)CO3)CC2)CC1. The molecule has 0 spiro atoms. The number of hydrogen-bond acceptors (Lipinski definition) is 4. The first-order valence-corrected chi connectivity index (χ1v) is 25.0. The largest absolute Gasteiger partial charge is 0.389 e. The van der Waals surface area contributed by atoms with Gasteiger partial charge in [-0.3, -0.25) is 0 Å². The van der Waals surface area contributed by atoms with Crippen molar-refractivity contribution in [2.45, 2.75) is 225 Å². The van der Waals surface area contributed by atoms with Crippen molar-refractivity contribution in [1.29, 1.82) is 0 Å². The van der Waals surface area contributed by atoms with Crippen LogP contribution in [0.1, 0.15) is 200 Å². The van der Waals surface area contributed by atoms with E-state index in [2.05, 4.69) is 13.8 Å². The van der Waals surface area contributed by atoms with E-state index in [1.807, 2.05) is 0 Å². The maximum atomic E-state index is 12.3. The van der Waals surface area contributed by atoms with Crippen LogP contribution in [0.15, 0.2) is 0 Å². The van der Waals surface area contributed by atoms with Crippen LogP contribution in [0.4, 0.5) is 26.3 Å². The topological polar surface area (TPSA) is 36.9 Å². The number of ether oxygens (including phenoxy) is 4. The van der Waals surface area contributed by atoms with Gasteiger partial charge in [0.05, 0.1) is 26.4 Å². The molecule has 4 saturated carbocycles. The minimum absolute atomic E-state index is 0.118. The summed E-state index contributed by atoms with van der Waals surface area (Å²) >= 11 is 0. The highest BCUT2D eigenvalue weighted by Crippen LogP contribution is 2.45. The predicted octanol–water partition coefficient (Wildman–Crippen LogP) is 15.4. The first-order chi connectivity index (χ1) is 28.4. The minimum atomic E-state index is -4.05. The molecule has 10 heteroatoms. The number of halogens is 6. The molecule has 0 aromatic heterocycles. The van der Waals surface area contributed by atoms with E-state index in [1.165, 1.54) is 148 Å². The van der Waals surface area contributed by atoms with Gasteiger partial charge >= 0.3 is 12.4 Å². The Kier molecular flexibility index (Phi) is 21.5. The normalized spacial score (nSPS) is 36.4. The molecule has 6 fully saturated rings. The van der Waals surface area contributed by atoms with Gasteiger partial charge in [-0.2, -0.15) is 26.3 Å². The predicted molar refractivity (Wildman–Crippen MR) is 224 cm³/mol. The molecule has 0 N–H and O–H groups in total. The minimum Gasteiger partial charge on any atom is -0.352 e. The second-order valence-corrected chi connectivity index (χ2v) is 20.4. The molecule has 4 nitrogen and oxygen atoms in total. The van der Waals surface area contributed by atoms with Crippen LogP contribution in [0.25, 0.3) is 0 Å². The molecular weight excluding hydrogens is 767 g/mol. The summed E-state index contributed by atoms with van der Waals surface area (Å²) in [6.45, 7) is 6.81. The van der Waals surface area contributed by atoms with E-state index in [-0.39, 0.29) is 37.3 Å². The van der Waals surface area contributed by atoms with Crippen LogP contribution >= 0.6 is 0 Å². The fourth-order valence-corrected chi connectivity index (χ4v) is 12.0. The van der Waals surface area contributed by atoms with Gasteiger partial charge in [-0.05, 0) is 138 Å². The molecule has 6 aliphatic rings. The molecule has 2 aliphatic heterocycles. The van der Waals surface area contributed by atoms with Crippen molar-refractivity contribution in [3.05, 3.63) is 0 Å². The van der Waals surface area contributed by atoms with E-state index in [1.54, 1.807) is 0 Å². The highest BCUT2D eigenvalue weighted by molar-refractivity contribution is 4.85. The molecule has 0 bridgehead atoms. The monoisotopic (exact) mass is 851 g/mol. The van der Waals surface area contributed by atoms with Crippen molar-refractivity contribution >= 4 is 0 Å². The van der Waals surface area contributed by atoms with Gasteiger partial charge in [-0.1, -0.05) is 84.5 Å². The average molecular weight is 851 g/mol. The van der Waals surface area contributed by atoms with Crippen LogP contribution < -0.4 is 0 Å². The lowest BCUT2D eigenvalue weighted by Crippen LogP contribution is -2.39. The van der Waals surface area contributed by atoms with Gasteiger partial charge in [0, 0.05) is 36.5 Å². The Labute approximate surface area is 355 Å². The van der Waals surface area contributed by atoms with Gasteiger partial charge in [0.2, 0.25) is 0 Å². The third kappa shape index (κ3) is 18.2. The van der Waals surface area contributed by atoms with Crippen molar-refractivity contribution in [3.8, 4) is 0 Å². The third-order valence-corrected chi connectivity index (χ3v) is 15.8. The Morgan fingerprint density at radius 2 is 0.627 bits per heavy atom. The zero-order chi connectivity index (χ0) is 42.1. The lowest BCUT2D eigenvalue weighted by Gasteiger charge is -2.41. The molecule has 4 aliphatic carbocycles. The molecule has 0 aromatic rings. The third-order valence-electron chi connectivity index (χ3n) is 15.8. The average Bonchev–Trinajstić information content (AvgIpc) is 3.23. The molecule has 0 amide bonds. The van der Waals surface area contributed by atoms with Gasteiger partial charge < -0.3 is 18.9 Å². The summed E-state index contributed by atoms with van der Waals surface area (Å²) in [5, 5.41) is 0. The molecule has 6 rings (SSSR count). The van der Waals surface area contributed by atoms with Crippen LogP contribution in [-0.4, -0.2) is 51.4 Å². The molecule has 346 valence electrons. The molecule has 59 heavy (non-hydrogen) atoms. The van der Waals surface area contributed by atoms with Crippen LogP contribution in [0.3, 0.4) is 0 Å². The Bertz CT molecular complexity index is 1070.